The van der Waals surface area contributed by atoms with Gasteiger partial charge in [0.25, 0.3) is 0 Å². The maximum Gasteiger partial charge on any atom is 0.0780 e. The van der Waals surface area contributed by atoms with Crippen molar-refractivity contribution < 1.29 is 38.4 Å². The largest absolute Gasteiger partial charge is 1.00 e. The lowest BCUT2D eigenvalue weighted by atomic mass is 10.0. The van der Waals surface area contributed by atoms with Crippen LogP contribution in [0.4, 0.5) is 0 Å². The third kappa shape index (κ3) is 52.7. The Hall–Kier alpha value is 0.690. The minimum Gasteiger partial charge on any atom is -1.00 e. The third-order valence-electron chi connectivity index (χ3n) is 4.68. The fourth-order valence-corrected chi connectivity index (χ4v) is 3.13. The molecule has 0 aliphatic rings. The van der Waals surface area contributed by atoms with Gasteiger partial charge in [0.05, 0.1) is 55.9 Å². The molecule has 0 bridgehead atoms. The molecule has 0 aromatic rings. The molecule has 0 amide bonds. The Morgan fingerprint density at radius 1 is 0.414 bits per heavy atom. The Labute approximate surface area is 203 Å². The zero-order chi connectivity index (χ0) is 21.0. The molecule has 0 unspecified atom stereocenters. The first-order valence-corrected chi connectivity index (χ1v) is 12.2. The molecule has 0 fully saturated rings. The van der Waals surface area contributed by atoms with E-state index in [1.54, 1.807) is 0 Å². The highest BCUT2D eigenvalue weighted by Gasteiger charge is 2.04. The summed E-state index contributed by atoms with van der Waals surface area (Å²) in [5.74, 6) is 0. The topological polar surface area (TPSA) is 0 Å². The van der Waals surface area contributed by atoms with Gasteiger partial charge >= 0.3 is 0 Å². The van der Waals surface area contributed by atoms with E-state index in [0.717, 1.165) is 8.97 Å². The molecular formula is C25H58BrClN2. The highest BCUT2D eigenvalue weighted by molar-refractivity contribution is 4.49. The summed E-state index contributed by atoms with van der Waals surface area (Å²) in [6, 6.07) is 0. The summed E-state index contributed by atoms with van der Waals surface area (Å²) in [6.45, 7) is 3.63. The summed E-state index contributed by atoms with van der Waals surface area (Å²) in [4.78, 5) is 0. The van der Waals surface area contributed by atoms with Crippen LogP contribution in [0.5, 0.6) is 0 Å². The molecule has 2 nitrogen and oxygen atoms in total. The maximum atomic E-state index is 2.30. The Bertz CT molecular complexity index is 280. The molecule has 0 aliphatic heterocycles. The third-order valence-corrected chi connectivity index (χ3v) is 4.68. The van der Waals surface area contributed by atoms with Crippen LogP contribution in [-0.2, 0) is 0 Å². The lowest BCUT2D eigenvalue weighted by Crippen LogP contribution is -3.00. The number of halogens is 2. The summed E-state index contributed by atoms with van der Waals surface area (Å²) >= 11 is 0. The second-order valence-electron chi connectivity index (χ2n) is 11.0. The van der Waals surface area contributed by atoms with Crippen LogP contribution >= 0.6 is 0 Å². The normalized spacial score (nSPS) is 11.2. The lowest BCUT2D eigenvalue weighted by Gasteiger charge is -2.23. The molecule has 0 aromatic heterocycles. The molecule has 0 heterocycles. The number of quaternary nitrogens is 2. The van der Waals surface area contributed by atoms with E-state index in [9.17, 15) is 0 Å². The second-order valence-corrected chi connectivity index (χ2v) is 11.0. The van der Waals surface area contributed by atoms with Crippen molar-refractivity contribution in [3.63, 3.8) is 0 Å². The van der Waals surface area contributed by atoms with Gasteiger partial charge in [0.2, 0.25) is 0 Å². The number of hydrogen-bond donors (Lipinski definition) is 0. The van der Waals surface area contributed by atoms with Crippen molar-refractivity contribution in [2.75, 3.05) is 55.9 Å². The monoisotopic (exact) mass is 500 g/mol. The van der Waals surface area contributed by atoms with Crippen molar-refractivity contribution in [1.82, 2.24) is 0 Å². The Kier molecular flexibility index (Phi) is 31.9. The quantitative estimate of drug-likeness (QED) is 0.208. The molecule has 0 saturated heterocycles. The van der Waals surface area contributed by atoms with Gasteiger partial charge in [-0.25, -0.2) is 0 Å². The smallest absolute Gasteiger partial charge is 0.0780 e. The summed E-state index contributed by atoms with van der Waals surface area (Å²) < 4.78 is 2.12. The highest BCUT2D eigenvalue weighted by Crippen LogP contribution is 2.13. The minimum absolute atomic E-state index is 0. The standard InChI is InChI=1S/C21H46N.C4H12N.BrH.ClH/c1-5-6-7-8-9-10-11-12-13-14-15-16-17-18-19-20-21-22(2,3)4;1-5(2,3)4;;/h5-21H2,1-4H3;1-4H3;2*1H/q2*+1;;/p-2. The van der Waals surface area contributed by atoms with Gasteiger partial charge in [-0.05, 0) is 12.8 Å². The molecular weight excluding hydrogens is 444 g/mol. The Morgan fingerprint density at radius 2 is 0.621 bits per heavy atom. The molecule has 0 spiro atoms. The minimum atomic E-state index is 0. The average Bonchev–Trinajstić information content (AvgIpc) is 2.52. The first-order valence-electron chi connectivity index (χ1n) is 12.2. The SMILES string of the molecule is CCCCCCCCCCCCCCCCCC[N+](C)(C)C.C[N+](C)(C)C.[Br-].[Cl-]. The molecule has 0 radical (unpaired) electrons. The van der Waals surface area contributed by atoms with Crippen LogP contribution in [0, 0.1) is 0 Å². The van der Waals surface area contributed by atoms with Crippen LogP contribution < -0.4 is 29.4 Å². The van der Waals surface area contributed by atoms with Crippen molar-refractivity contribution in [3.8, 4) is 0 Å². The Balaban J connectivity index is -0.000000396. The molecule has 0 rings (SSSR count). The summed E-state index contributed by atoms with van der Waals surface area (Å²) in [5.41, 5.74) is 0. The van der Waals surface area contributed by atoms with Crippen LogP contribution in [-0.4, -0.2) is 64.8 Å². The summed E-state index contributed by atoms with van der Waals surface area (Å²) in [5, 5.41) is 0. The maximum absolute atomic E-state index is 2.30. The molecule has 29 heavy (non-hydrogen) atoms. The molecule has 0 aliphatic carbocycles. The van der Waals surface area contributed by atoms with Crippen molar-refractivity contribution >= 4 is 0 Å². The van der Waals surface area contributed by atoms with Crippen LogP contribution in [0.15, 0.2) is 0 Å². The van der Waals surface area contributed by atoms with E-state index in [0.29, 0.717) is 0 Å². The van der Waals surface area contributed by atoms with E-state index < -0.39 is 0 Å². The van der Waals surface area contributed by atoms with Crippen LogP contribution in [0.2, 0.25) is 0 Å². The average molecular weight is 502 g/mol. The van der Waals surface area contributed by atoms with Crippen LogP contribution in [0.1, 0.15) is 110 Å². The number of nitrogens with zero attached hydrogens (tertiary/aromatic N) is 2. The highest BCUT2D eigenvalue weighted by atomic mass is 79.9. The van der Waals surface area contributed by atoms with Gasteiger partial charge < -0.3 is 38.4 Å². The Morgan fingerprint density at radius 3 is 0.828 bits per heavy atom. The first kappa shape index (κ1) is 37.0. The fraction of sp³-hybridized carbons (Fsp3) is 1.00. The zero-order valence-electron chi connectivity index (χ0n) is 21.7. The predicted molar refractivity (Wildman–Crippen MR) is 126 cm³/mol. The van der Waals surface area contributed by atoms with Crippen molar-refractivity contribution in [1.29, 1.82) is 0 Å². The second kappa shape index (κ2) is 25.0. The van der Waals surface area contributed by atoms with Gasteiger partial charge in [0.1, 0.15) is 0 Å². The van der Waals surface area contributed by atoms with Crippen molar-refractivity contribution in [2.24, 2.45) is 0 Å². The molecule has 4 heteroatoms. The molecule has 0 aromatic carbocycles. The summed E-state index contributed by atoms with van der Waals surface area (Å²) in [6.07, 6.45) is 23.4. The number of unbranched alkanes of at least 4 members (excludes halogenated alkanes) is 15. The van der Waals surface area contributed by atoms with Crippen LogP contribution in [0.25, 0.3) is 0 Å². The van der Waals surface area contributed by atoms with Gasteiger partial charge in [0.15, 0.2) is 0 Å². The molecule has 0 saturated carbocycles. The van der Waals surface area contributed by atoms with Crippen molar-refractivity contribution in [3.05, 3.63) is 0 Å². The number of hydrogen-bond acceptors (Lipinski definition) is 0. The predicted octanol–water partition coefficient (Wildman–Crippen LogP) is 1.28. The molecule has 0 N–H and O–H groups in total. The van der Waals surface area contributed by atoms with E-state index in [1.807, 2.05) is 0 Å². The lowest BCUT2D eigenvalue weighted by molar-refractivity contribution is -0.870. The molecule has 0 atom stereocenters. The van der Waals surface area contributed by atoms with Crippen molar-refractivity contribution in [2.45, 2.75) is 110 Å². The fourth-order valence-electron chi connectivity index (χ4n) is 3.13. The zero-order valence-corrected chi connectivity index (χ0v) is 24.0. The van der Waals surface area contributed by atoms with E-state index in [-0.39, 0.29) is 29.4 Å². The van der Waals surface area contributed by atoms with E-state index in [2.05, 4.69) is 56.3 Å². The van der Waals surface area contributed by atoms with E-state index in [1.165, 1.54) is 109 Å². The van der Waals surface area contributed by atoms with Gasteiger partial charge in [-0.3, -0.25) is 0 Å². The van der Waals surface area contributed by atoms with Gasteiger partial charge in [-0.2, -0.15) is 0 Å². The first-order chi connectivity index (χ1) is 12.6. The van der Waals surface area contributed by atoms with E-state index >= 15 is 0 Å². The van der Waals surface area contributed by atoms with Gasteiger partial charge in [0, 0.05) is 0 Å². The van der Waals surface area contributed by atoms with Gasteiger partial charge in [-0.15, -0.1) is 0 Å². The van der Waals surface area contributed by atoms with E-state index in [4.69, 9.17) is 0 Å². The van der Waals surface area contributed by atoms with Crippen LogP contribution in [0.3, 0.4) is 0 Å². The van der Waals surface area contributed by atoms with Gasteiger partial charge in [-0.1, -0.05) is 96.8 Å². The molecule has 182 valence electrons. The number of rotatable bonds is 17. The summed E-state index contributed by atoms with van der Waals surface area (Å²) in [7, 11) is 15.4.